The third-order valence-corrected chi connectivity index (χ3v) is 4.21. The summed E-state index contributed by atoms with van der Waals surface area (Å²) in [6, 6.07) is 6.86. The average Bonchev–Trinajstić information content (AvgIpc) is 2.48. The van der Waals surface area contributed by atoms with Crippen LogP contribution in [0, 0.1) is 5.41 Å². The van der Waals surface area contributed by atoms with Crippen molar-refractivity contribution in [2.45, 2.75) is 26.7 Å². The minimum Gasteiger partial charge on any atom is -0.295 e. The zero-order chi connectivity index (χ0) is 15.6. The van der Waals surface area contributed by atoms with Crippen LogP contribution in [0.1, 0.15) is 26.7 Å². The third kappa shape index (κ3) is 2.65. The van der Waals surface area contributed by atoms with Gasteiger partial charge in [-0.1, -0.05) is 25.4 Å². The summed E-state index contributed by atoms with van der Waals surface area (Å²) in [5.41, 5.74) is -0.372. The van der Waals surface area contributed by atoms with Crippen molar-refractivity contribution in [3.63, 3.8) is 0 Å². The van der Waals surface area contributed by atoms with E-state index in [0.717, 1.165) is 0 Å². The van der Waals surface area contributed by atoms with E-state index in [1.807, 2.05) is 13.8 Å². The predicted molar refractivity (Wildman–Crippen MR) is 82.5 cm³/mol. The molecular weight excluding hydrogens is 290 g/mol. The summed E-state index contributed by atoms with van der Waals surface area (Å²) in [5.74, 6) is -0.267. The molecule has 21 heavy (non-hydrogen) atoms. The lowest BCUT2D eigenvalue weighted by Gasteiger charge is -2.38. The number of benzene rings is 1. The molecule has 2 rings (SSSR count). The van der Waals surface area contributed by atoms with Gasteiger partial charge in [-0.05, 0) is 37.1 Å². The first-order chi connectivity index (χ1) is 9.94. The summed E-state index contributed by atoms with van der Waals surface area (Å²) in [7, 11) is 1.62. The SMILES string of the molecule is CCC1(CC)C(=O)NC(=Nc2ccc(Cl)cc2)N(C)C1=O. The fourth-order valence-corrected chi connectivity index (χ4v) is 2.56. The summed E-state index contributed by atoms with van der Waals surface area (Å²) in [4.78, 5) is 30.6. The second-order valence-corrected chi connectivity index (χ2v) is 5.46. The Morgan fingerprint density at radius 1 is 1.19 bits per heavy atom. The molecule has 112 valence electrons. The Kier molecular flexibility index (Phi) is 4.32. The number of carbonyl (C=O) groups excluding carboxylic acids is 2. The first-order valence-corrected chi connectivity index (χ1v) is 7.26. The minimum atomic E-state index is -0.992. The minimum absolute atomic E-state index is 0.219. The van der Waals surface area contributed by atoms with Crippen LogP contribution < -0.4 is 5.32 Å². The molecule has 6 heteroatoms. The number of nitrogens with zero attached hydrogens (tertiary/aromatic N) is 2. The zero-order valence-corrected chi connectivity index (χ0v) is 13.1. The van der Waals surface area contributed by atoms with Crippen LogP contribution in [-0.4, -0.2) is 29.7 Å². The van der Waals surface area contributed by atoms with Crippen LogP contribution in [-0.2, 0) is 9.59 Å². The van der Waals surface area contributed by atoms with Gasteiger partial charge in [-0.15, -0.1) is 0 Å². The van der Waals surface area contributed by atoms with Crippen molar-refractivity contribution in [2.75, 3.05) is 7.05 Å². The lowest BCUT2D eigenvalue weighted by Crippen LogP contribution is -2.62. The topological polar surface area (TPSA) is 61.8 Å². The van der Waals surface area contributed by atoms with Crippen LogP contribution in [0.5, 0.6) is 0 Å². The molecule has 1 saturated heterocycles. The number of amides is 2. The Morgan fingerprint density at radius 3 is 2.29 bits per heavy atom. The maximum atomic E-state index is 12.5. The highest BCUT2D eigenvalue weighted by Gasteiger charge is 2.49. The van der Waals surface area contributed by atoms with E-state index in [4.69, 9.17) is 11.6 Å². The first-order valence-electron chi connectivity index (χ1n) is 6.88. The fourth-order valence-electron chi connectivity index (χ4n) is 2.43. The molecule has 1 fully saturated rings. The standard InChI is InChI=1S/C15H18ClN3O2/c1-4-15(5-2)12(20)18-14(19(3)13(15)21)17-11-8-6-10(16)7-9-11/h6-9H,4-5H2,1-3H3,(H,17,18,20). The second kappa shape index (κ2) is 5.85. The molecule has 0 aromatic heterocycles. The maximum Gasteiger partial charge on any atom is 0.244 e. The van der Waals surface area contributed by atoms with E-state index in [-0.39, 0.29) is 17.8 Å². The largest absolute Gasteiger partial charge is 0.295 e. The van der Waals surface area contributed by atoms with Gasteiger partial charge in [-0.3, -0.25) is 19.8 Å². The Labute approximate surface area is 129 Å². The molecule has 1 aliphatic heterocycles. The molecule has 5 nitrogen and oxygen atoms in total. The highest BCUT2D eigenvalue weighted by Crippen LogP contribution is 2.32. The van der Waals surface area contributed by atoms with Crippen molar-refractivity contribution < 1.29 is 9.59 Å². The van der Waals surface area contributed by atoms with E-state index in [0.29, 0.717) is 23.6 Å². The molecule has 1 aromatic rings. The fraction of sp³-hybridized carbons (Fsp3) is 0.400. The summed E-state index contributed by atoms with van der Waals surface area (Å²) in [5, 5.41) is 3.34. The maximum absolute atomic E-state index is 12.5. The number of rotatable bonds is 3. The summed E-state index contributed by atoms with van der Waals surface area (Å²) < 4.78 is 0. The van der Waals surface area contributed by atoms with Crippen molar-refractivity contribution in [3.05, 3.63) is 29.3 Å². The van der Waals surface area contributed by atoms with E-state index in [2.05, 4.69) is 10.3 Å². The number of carbonyl (C=O) groups is 2. The molecule has 1 aliphatic rings. The van der Waals surface area contributed by atoms with Crippen molar-refractivity contribution >= 4 is 35.1 Å². The van der Waals surface area contributed by atoms with Gasteiger partial charge in [-0.25, -0.2) is 4.99 Å². The lowest BCUT2D eigenvalue weighted by atomic mass is 9.79. The summed E-state index contributed by atoms with van der Waals surface area (Å²) in [6.45, 7) is 3.69. The lowest BCUT2D eigenvalue weighted by molar-refractivity contribution is -0.150. The number of hydrogen-bond donors (Lipinski definition) is 1. The Morgan fingerprint density at radius 2 is 1.76 bits per heavy atom. The smallest absolute Gasteiger partial charge is 0.244 e. The Balaban J connectivity index is 2.35. The van der Waals surface area contributed by atoms with Crippen LogP contribution in [0.15, 0.2) is 29.3 Å². The van der Waals surface area contributed by atoms with E-state index >= 15 is 0 Å². The molecule has 0 bridgehead atoms. The van der Waals surface area contributed by atoms with E-state index in [1.165, 1.54) is 4.90 Å². The van der Waals surface area contributed by atoms with Crippen molar-refractivity contribution in [3.8, 4) is 0 Å². The monoisotopic (exact) mass is 307 g/mol. The molecule has 0 saturated carbocycles. The molecule has 0 unspecified atom stereocenters. The average molecular weight is 308 g/mol. The van der Waals surface area contributed by atoms with Gasteiger partial charge in [0.2, 0.25) is 17.8 Å². The Hall–Kier alpha value is -1.88. The highest BCUT2D eigenvalue weighted by atomic mass is 35.5. The van der Waals surface area contributed by atoms with E-state index in [1.54, 1.807) is 31.3 Å². The van der Waals surface area contributed by atoms with Gasteiger partial charge in [0.1, 0.15) is 5.41 Å². The molecule has 0 spiro atoms. The highest BCUT2D eigenvalue weighted by molar-refractivity contribution is 6.30. The van der Waals surface area contributed by atoms with E-state index in [9.17, 15) is 9.59 Å². The first kappa shape index (κ1) is 15.5. The number of aliphatic imine (C=N–C) groups is 1. The van der Waals surface area contributed by atoms with Gasteiger partial charge in [0.25, 0.3) is 0 Å². The normalized spacial score (nSPS) is 19.8. The third-order valence-electron chi connectivity index (χ3n) is 3.96. The van der Waals surface area contributed by atoms with Crippen LogP contribution in [0.3, 0.4) is 0 Å². The van der Waals surface area contributed by atoms with Crippen LogP contribution >= 0.6 is 11.6 Å². The van der Waals surface area contributed by atoms with Crippen molar-refractivity contribution in [1.82, 2.24) is 10.2 Å². The number of guanidine groups is 1. The van der Waals surface area contributed by atoms with Crippen LogP contribution in [0.25, 0.3) is 0 Å². The molecule has 1 N–H and O–H groups in total. The van der Waals surface area contributed by atoms with Gasteiger partial charge >= 0.3 is 0 Å². The van der Waals surface area contributed by atoms with Crippen LogP contribution in [0.4, 0.5) is 5.69 Å². The molecular formula is C15H18ClN3O2. The number of halogens is 1. The predicted octanol–water partition coefficient (Wildman–Crippen LogP) is 2.72. The van der Waals surface area contributed by atoms with Gasteiger partial charge in [0.15, 0.2) is 0 Å². The van der Waals surface area contributed by atoms with Gasteiger partial charge in [0, 0.05) is 12.1 Å². The quantitative estimate of drug-likeness (QED) is 0.873. The van der Waals surface area contributed by atoms with E-state index < -0.39 is 5.41 Å². The summed E-state index contributed by atoms with van der Waals surface area (Å²) >= 11 is 5.82. The molecule has 1 aromatic carbocycles. The molecule has 0 atom stereocenters. The van der Waals surface area contributed by atoms with Gasteiger partial charge in [0.05, 0.1) is 5.69 Å². The summed E-state index contributed by atoms with van der Waals surface area (Å²) in [6.07, 6.45) is 0.930. The molecule has 1 heterocycles. The number of nitrogens with one attached hydrogen (secondary N) is 1. The molecule has 0 aliphatic carbocycles. The van der Waals surface area contributed by atoms with Gasteiger partial charge < -0.3 is 0 Å². The molecule has 0 radical (unpaired) electrons. The molecule has 2 amide bonds. The second-order valence-electron chi connectivity index (χ2n) is 5.02. The Bertz CT molecular complexity index is 591. The van der Waals surface area contributed by atoms with Crippen molar-refractivity contribution in [2.24, 2.45) is 10.4 Å². The number of hydrogen-bond acceptors (Lipinski definition) is 3. The van der Waals surface area contributed by atoms with Gasteiger partial charge in [-0.2, -0.15) is 0 Å². The van der Waals surface area contributed by atoms with Crippen molar-refractivity contribution in [1.29, 1.82) is 0 Å². The van der Waals surface area contributed by atoms with Crippen LogP contribution in [0.2, 0.25) is 5.02 Å². The zero-order valence-electron chi connectivity index (χ0n) is 12.3.